The lowest BCUT2D eigenvalue weighted by molar-refractivity contribution is -0.144. The molecular weight excluding hydrogens is 246 g/mol. The third kappa shape index (κ3) is 3.93. The molecule has 0 aliphatic carbocycles. The first-order valence-corrected chi connectivity index (χ1v) is 7.25. The topological polar surface area (TPSA) is 92.7 Å². The Balaban J connectivity index is 2.70. The molecule has 100 valence electrons. The second kappa shape index (κ2) is 5.32. The Hall–Kier alpha value is -0.660. The molecule has 0 amide bonds. The van der Waals surface area contributed by atoms with Crippen LogP contribution in [-0.2, 0) is 19.6 Å². The largest absolute Gasteiger partial charge is 0.480 e. The fourth-order valence-corrected chi connectivity index (χ4v) is 3.32. The summed E-state index contributed by atoms with van der Waals surface area (Å²) in [5, 5.41) is 9.10. The zero-order chi connectivity index (χ0) is 13.1. The quantitative estimate of drug-likeness (QED) is 0.715. The molecule has 7 heteroatoms. The van der Waals surface area contributed by atoms with Gasteiger partial charge >= 0.3 is 5.97 Å². The monoisotopic (exact) mass is 265 g/mol. The van der Waals surface area contributed by atoms with E-state index in [-0.39, 0.29) is 31.3 Å². The van der Waals surface area contributed by atoms with E-state index in [1.807, 2.05) is 13.8 Å². The number of hydrogen-bond donors (Lipinski definition) is 2. The van der Waals surface area contributed by atoms with Gasteiger partial charge in [-0.05, 0) is 12.3 Å². The predicted molar refractivity (Wildman–Crippen MR) is 62.2 cm³/mol. The normalized spacial score (nSPS) is 25.4. The van der Waals surface area contributed by atoms with Crippen LogP contribution in [-0.4, -0.2) is 44.0 Å². The molecule has 6 nitrogen and oxygen atoms in total. The van der Waals surface area contributed by atoms with Gasteiger partial charge in [-0.1, -0.05) is 13.8 Å². The number of carboxylic acid groups (broad SMARTS) is 1. The molecule has 0 radical (unpaired) electrons. The molecule has 17 heavy (non-hydrogen) atoms. The number of nitrogens with one attached hydrogen (secondary N) is 1. The van der Waals surface area contributed by atoms with Crippen LogP contribution in [0.1, 0.15) is 26.7 Å². The van der Waals surface area contributed by atoms with Crippen molar-refractivity contribution in [2.24, 2.45) is 5.92 Å². The average Bonchev–Trinajstić information content (AvgIpc) is 2.64. The molecule has 0 bridgehead atoms. The summed E-state index contributed by atoms with van der Waals surface area (Å²) in [6.45, 7) is 3.99. The van der Waals surface area contributed by atoms with E-state index in [0.29, 0.717) is 6.42 Å². The lowest BCUT2D eigenvalue weighted by Gasteiger charge is -2.23. The van der Waals surface area contributed by atoms with Crippen molar-refractivity contribution in [3.05, 3.63) is 0 Å². The molecule has 1 aliphatic heterocycles. The lowest BCUT2D eigenvalue weighted by Crippen LogP contribution is -2.55. The maximum atomic E-state index is 11.8. The molecule has 1 heterocycles. The minimum absolute atomic E-state index is 0.0559. The molecule has 0 aromatic heterocycles. The van der Waals surface area contributed by atoms with Gasteiger partial charge in [0.25, 0.3) is 0 Å². The Kier molecular flexibility index (Phi) is 4.51. The van der Waals surface area contributed by atoms with E-state index in [0.717, 1.165) is 0 Å². The minimum atomic E-state index is -3.57. The van der Waals surface area contributed by atoms with Crippen molar-refractivity contribution in [1.82, 2.24) is 4.72 Å². The van der Waals surface area contributed by atoms with Gasteiger partial charge in [0.15, 0.2) is 5.54 Å². The number of rotatable bonds is 6. The summed E-state index contributed by atoms with van der Waals surface area (Å²) in [5.74, 6) is -0.977. The maximum Gasteiger partial charge on any atom is 0.327 e. The number of carboxylic acids is 1. The molecule has 1 saturated heterocycles. The highest BCUT2D eigenvalue weighted by molar-refractivity contribution is 7.89. The van der Waals surface area contributed by atoms with E-state index in [1.54, 1.807) is 0 Å². The number of hydrogen-bond acceptors (Lipinski definition) is 4. The number of sulfonamides is 1. The van der Waals surface area contributed by atoms with E-state index >= 15 is 0 Å². The van der Waals surface area contributed by atoms with Crippen molar-refractivity contribution >= 4 is 16.0 Å². The van der Waals surface area contributed by atoms with E-state index < -0.39 is 21.5 Å². The first kappa shape index (κ1) is 14.4. The van der Waals surface area contributed by atoms with Crippen LogP contribution in [0.4, 0.5) is 0 Å². The second-order valence-corrected chi connectivity index (χ2v) is 6.64. The smallest absolute Gasteiger partial charge is 0.327 e. The number of aliphatic carboxylic acids is 1. The predicted octanol–water partition coefficient (Wildman–Crippen LogP) is 0.196. The highest BCUT2D eigenvalue weighted by atomic mass is 32.2. The van der Waals surface area contributed by atoms with E-state index in [4.69, 9.17) is 9.84 Å². The van der Waals surface area contributed by atoms with Crippen molar-refractivity contribution in [2.45, 2.75) is 32.2 Å². The van der Waals surface area contributed by atoms with Crippen molar-refractivity contribution in [3.8, 4) is 0 Å². The van der Waals surface area contributed by atoms with Gasteiger partial charge in [0.05, 0.1) is 12.4 Å². The highest BCUT2D eigenvalue weighted by Crippen LogP contribution is 2.20. The second-order valence-electron chi connectivity index (χ2n) is 4.79. The summed E-state index contributed by atoms with van der Waals surface area (Å²) in [7, 11) is -3.57. The van der Waals surface area contributed by atoms with Crippen LogP contribution in [0.5, 0.6) is 0 Å². The molecule has 0 aromatic rings. The summed E-state index contributed by atoms with van der Waals surface area (Å²) >= 11 is 0. The molecular formula is C10H19NO5S. The summed E-state index contributed by atoms with van der Waals surface area (Å²) in [6.07, 6.45) is 0.676. The summed E-state index contributed by atoms with van der Waals surface area (Å²) in [4.78, 5) is 11.1. The van der Waals surface area contributed by atoms with Crippen LogP contribution in [0, 0.1) is 5.92 Å². The Morgan fingerprint density at radius 3 is 2.59 bits per heavy atom. The van der Waals surface area contributed by atoms with Crippen LogP contribution >= 0.6 is 0 Å². The van der Waals surface area contributed by atoms with Gasteiger partial charge in [0, 0.05) is 13.0 Å². The molecule has 1 aliphatic rings. The minimum Gasteiger partial charge on any atom is -0.480 e. The van der Waals surface area contributed by atoms with Gasteiger partial charge in [-0.25, -0.2) is 8.42 Å². The van der Waals surface area contributed by atoms with E-state index in [9.17, 15) is 13.2 Å². The zero-order valence-electron chi connectivity index (χ0n) is 10.1. The first-order chi connectivity index (χ1) is 7.77. The summed E-state index contributed by atoms with van der Waals surface area (Å²) in [5.41, 5.74) is -1.48. The number of carbonyl (C=O) groups is 1. The van der Waals surface area contributed by atoms with Gasteiger partial charge in [-0.15, -0.1) is 0 Å². The molecule has 1 unspecified atom stereocenters. The van der Waals surface area contributed by atoms with Crippen LogP contribution in [0.15, 0.2) is 0 Å². The molecule has 1 atom stereocenters. The maximum absolute atomic E-state index is 11.8. The summed E-state index contributed by atoms with van der Waals surface area (Å²) < 4.78 is 30.8. The first-order valence-electron chi connectivity index (χ1n) is 5.60. The molecule has 1 rings (SSSR count). The average molecular weight is 265 g/mol. The van der Waals surface area contributed by atoms with Gasteiger partial charge in [-0.3, -0.25) is 4.79 Å². The van der Waals surface area contributed by atoms with Crippen LogP contribution < -0.4 is 4.72 Å². The van der Waals surface area contributed by atoms with Crippen LogP contribution in [0.3, 0.4) is 0 Å². The lowest BCUT2D eigenvalue weighted by atomic mass is 10.0. The van der Waals surface area contributed by atoms with Crippen molar-refractivity contribution in [3.63, 3.8) is 0 Å². The summed E-state index contributed by atoms with van der Waals surface area (Å²) in [6, 6.07) is 0. The van der Waals surface area contributed by atoms with Crippen LogP contribution in [0.2, 0.25) is 0 Å². The van der Waals surface area contributed by atoms with Gasteiger partial charge in [0.1, 0.15) is 0 Å². The van der Waals surface area contributed by atoms with Crippen molar-refractivity contribution in [2.75, 3.05) is 19.0 Å². The Morgan fingerprint density at radius 2 is 2.18 bits per heavy atom. The van der Waals surface area contributed by atoms with Gasteiger partial charge < -0.3 is 9.84 Å². The Bertz CT molecular complexity index is 370. The standard InChI is InChI=1S/C10H19NO5S/c1-8(2)3-6-17(14,15)11-10(9(12)13)4-5-16-7-10/h8,11H,3-7H2,1-2H3,(H,12,13). The van der Waals surface area contributed by atoms with Gasteiger partial charge in [-0.2, -0.15) is 4.72 Å². The van der Waals surface area contributed by atoms with Crippen molar-refractivity contribution < 1.29 is 23.1 Å². The fraction of sp³-hybridized carbons (Fsp3) is 0.900. The SMILES string of the molecule is CC(C)CCS(=O)(=O)NC1(C(=O)O)CCOC1. The fourth-order valence-electron chi connectivity index (χ4n) is 1.60. The Morgan fingerprint density at radius 1 is 1.53 bits per heavy atom. The Labute approximate surface area is 101 Å². The molecule has 1 fully saturated rings. The third-order valence-electron chi connectivity index (χ3n) is 2.75. The van der Waals surface area contributed by atoms with Crippen molar-refractivity contribution in [1.29, 1.82) is 0 Å². The third-order valence-corrected chi connectivity index (χ3v) is 4.22. The van der Waals surface area contributed by atoms with Gasteiger partial charge in [0.2, 0.25) is 10.0 Å². The zero-order valence-corrected chi connectivity index (χ0v) is 10.9. The van der Waals surface area contributed by atoms with E-state index in [1.165, 1.54) is 0 Å². The molecule has 0 saturated carbocycles. The molecule has 0 aromatic carbocycles. The molecule has 2 N–H and O–H groups in total. The van der Waals surface area contributed by atoms with E-state index in [2.05, 4.69) is 4.72 Å². The highest BCUT2D eigenvalue weighted by Gasteiger charge is 2.45. The number of ether oxygens (including phenoxy) is 1. The van der Waals surface area contributed by atoms with Crippen LogP contribution in [0.25, 0.3) is 0 Å². The molecule has 0 spiro atoms.